The molecule has 2 heterocycles. The van der Waals surface area contributed by atoms with Crippen LogP contribution in [0.15, 0.2) is 36.6 Å². The normalized spacial score (nSPS) is 33.5. The molecule has 128 valence electrons. The lowest BCUT2D eigenvalue weighted by Crippen LogP contribution is -2.57. The molecule has 2 aliphatic heterocycles. The van der Waals surface area contributed by atoms with Crippen molar-refractivity contribution in [1.82, 2.24) is 4.90 Å². The van der Waals surface area contributed by atoms with Crippen LogP contribution in [-0.4, -0.2) is 42.2 Å². The SMILES string of the molecule is CC(C)N1COC2CCC3C(=O)C(c4ccccc4)=COC3C2C1. The third-order valence-electron chi connectivity index (χ3n) is 5.72. The maximum absolute atomic E-state index is 13.0. The zero-order valence-electron chi connectivity index (χ0n) is 14.4. The quantitative estimate of drug-likeness (QED) is 0.837. The van der Waals surface area contributed by atoms with Crippen LogP contribution < -0.4 is 0 Å². The molecule has 0 spiro atoms. The molecule has 2 fully saturated rings. The number of rotatable bonds is 2. The molecular weight excluding hydrogens is 302 g/mol. The van der Waals surface area contributed by atoms with Crippen molar-refractivity contribution in [2.24, 2.45) is 11.8 Å². The molecule has 1 saturated heterocycles. The van der Waals surface area contributed by atoms with E-state index in [-0.39, 0.29) is 29.8 Å². The second-order valence-corrected chi connectivity index (χ2v) is 7.41. The van der Waals surface area contributed by atoms with E-state index in [0.717, 1.165) is 24.9 Å². The van der Waals surface area contributed by atoms with Gasteiger partial charge in [-0.2, -0.15) is 0 Å². The van der Waals surface area contributed by atoms with Crippen LogP contribution in [0.1, 0.15) is 32.3 Å². The van der Waals surface area contributed by atoms with Gasteiger partial charge in [0.25, 0.3) is 0 Å². The van der Waals surface area contributed by atoms with Gasteiger partial charge in [-0.25, -0.2) is 0 Å². The average Bonchev–Trinajstić information content (AvgIpc) is 2.62. The minimum absolute atomic E-state index is 0.0397. The van der Waals surface area contributed by atoms with Crippen LogP contribution in [0, 0.1) is 11.8 Å². The van der Waals surface area contributed by atoms with Gasteiger partial charge in [-0.3, -0.25) is 9.69 Å². The van der Waals surface area contributed by atoms with Crippen LogP contribution in [0.2, 0.25) is 0 Å². The molecule has 4 unspecified atom stereocenters. The standard InChI is InChI=1S/C20H25NO3/c1-13(2)21-10-16-18(24-12-21)9-8-15-19(22)17(11-23-20(15)16)14-6-4-3-5-7-14/h3-7,11,13,15-16,18,20H,8-10,12H2,1-2H3. The molecule has 0 amide bonds. The molecule has 1 aliphatic carbocycles. The molecule has 4 rings (SSSR count). The van der Waals surface area contributed by atoms with Crippen molar-refractivity contribution in [2.45, 2.75) is 44.9 Å². The van der Waals surface area contributed by atoms with Crippen molar-refractivity contribution in [3.05, 3.63) is 42.2 Å². The molecule has 4 atom stereocenters. The number of allylic oxidation sites excluding steroid dienone is 1. The molecule has 0 bridgehead atoms. The molecule has 0 radical (unpaired) electrons. The second kappa shape index (κ2) is 6.34. The van der Waals surface area contributed by atoms with Crippen LogP contribution in [0.25, 0.3) is 5.57 Å². The molecule has 1 saturated carbocycles. The molecule has 1 aromatic carbocycles. The van der Waals surface area contributed by atoms with Crippen molar-refractivity contribution in [3.63, 3.8) is 0 Å². The fraction of sp³-hybridized carbons (Fsp3) is 0.550. The van der Waals surface area contributed by atoms with E-state index in [9.17, 15) is 4.79 Å². The Kier molecular flexibility index (Phi) is 4.19. The monoisotopic (exact) mass is 327 g/mol. The lowest BCUT2D eigenvalue weighted by atomic mass is 9.71. The third kappa shape index (κ3) is 2.68. The number of fused-ring (bicyclic) bond motifs is 3. The highest BCUT2D eigenvalue weighted by Gasteiger charge is 2.49. The smallest absolute Gasteiger partial charge is 0.173 e. The Morgan fingerprint density at radius 2 is 1.96 bits per heavy atom. The summed E-state index contributed by atoms with van der Waals surface area (Å²) in [6, 6.07) is 10.3. The number of carbonyl (C=O) groups excluding carboxylic acids is 1. The number of ketones is 1. The van der Waals surface area contributed by atoms with Gasteiger partial charge >= 0.3 is 0 Å². The number of hydrogen-bond donors (Lipinski definition) is 0. The van der Waals surface area contributed by atoms with Crippen molar-refractivity contribution in [2.75, 3.05) is 13.3 Å². The largest absolute Gasteiger partial charge is 0.496 e. The van der Waals surface area contributed by atoms with Crippen molar-refractivity contribution in [1.29, 1.82) is 0 Å². The van der Waals surface area contributed by atoms with Gasteiger partial charge in [0.1, 0.15) is 6.10 Å². The number of nitrogens with zero attached hydrogens (tertiary/aromatic N) is 1. The summed E-state index contributed by atoms with van der Waals surface area (Å²) in [7, 11) is 0. The first kappa shape index (κ1) is 15.9. The molecule has 24 heavy (non-hydrogen) atoms. The summed E-state index contributed by atoms with van der Waals surface area (Å²) in [5, 5.41) is 0. The van der Waals surface area contributed by atoms with Gasteiger partial charge in [-0.1, -0.05) is 30.3 Å². The third-order valence-corrected chi connectivity index (χ3v) is 5.72. The maximum Gasteiger partial charge on any atom is 0.173 e. The predicted octanol–water partition coefficient (Wildman–Crippen LogP) is 3.09. The lowest BCUT2D eigenvalue weighted by Gasteiger charge is -2.49. The van der Waals surface area contributed by atoms with E-state index in [4.69, 9.17) is 9.47 Å². The maximum atomic E-state index is 13.0. The Balaban J connectivity index is 1.59. The van der Waals surface area contributed by atoms with E-state index >= 15 is 0 Å². The van der Waals surface area contributed by atoms with Gasteiger partial charge in [0.2, 0.25) is 0 Å². The summed E-state index contributed by atoms with van der Waals surface area (Å²) in [6.45, 7) is 6.01. The summed E-state index contributed by atoms with van der Waals surface area (Å²) in [4.78, 5) is 15.4. The van der Waals surface area contributed by atoms with Gasteiger partial charge in [0, 0.05) is 18.5 Å². The van der Waals surface area contributed by atoms with Gasteiger partial charge < -0.3 is 9.47 Å². The molecule has 4 nitrogen and oxygen atoms in total. The van der Waals surface area contributed by atoms with Crippen LogP contribution in [-0.2, 0) is 14.3 Å². The molecule has 1 aromatic rings. The number of benzene rings is 1. The van der Waals surface area contributed by atoms with Crippen molar-refractivity contribution in [3.8, 4) is 0 Å². The topological polar surface area (TPSA) is 38.8 Å². The number of Topliss-reactive ketones (excluding diaryl/α,β-unsaturated/α-hetero) is 1. The summed E-state index contributed by atoms with van der Waals surface area (Å²) >= 11 is 0. The highest BCUT2D eigenvalue weighted by atomic mass is 16.5. The number of ether oxygens (including phenoxy) is 2. The molecular formula is C20H25NO3. The summed E-state index contributed by atoms with van der Waals surface area (Å²) in [6.07, 6.45) is 3.67. The molecule has 3 aliphatic rings. The van der Waals surface area contributed by atoms with E-state index in [1.54, 1.807) is 6.26 Å². The van der Waals surface area contributed by atoms with Crippen molar-refractivity contribution < 1.29 is 14.3 Å². The summed E-state index contributed by atoms with van der Waals surface area (Å²) < 4.78 is 12.2. The Labute approximate surface area is 143 Å². The van der Waals surface area contributed by atoms with Gasteiger partial charge in [0.15, 0.2) is 5.78 Å². The molecule has 0 aromatic heterocycles. The number of carbonyl (C=O) groups is 1. The fourth-order valence-electron chi connectivity index (χ4n) is 4.24. The van der Waals surface area contributed by atoms with E-state index < -0.39 is 0 Å². The molecule has 4 heteroatoms. The van der Waals surface area contributed by atoms with Crippen LogP contribution in [0.5, 0.6) is 0 Å². The van der Waals surface area contributed by atoms with E-state index in [0.29, 0.717) is 18.3 Å². The first-order chi connectivity index (χ1) is 11.6. The van der Waals surface area contributed by atoms with Gasteiger partial charge in [-0.15, -0.1) is 0 Å². The van der Waals surface area contributed by atoms with Gasteiger partial charge in [0.05, 0.1) is 30.6 Å². The molecule has 0 N–H and O–H groups in total. The van der Waals surface area contributed by atoms with E-state index in [2.05, 4.69) is 18.7 Å². The van der Waals surface area contributed by atoms with Crippen molar-refractivity contribution >= 4 is 11.4 Å². The number of hydrogen-bond acceptors (Lipinski definition) is 4. The Morgan fingerprint density at radius 3 is 2.71 bits per heavy atom. The second-order valence-electron chi connectivity index (χ2n) is 7.41. The lowest BCUT2D eigenvalue weighted by molar-refractivity contribution is -0.174. The zero-order valence-corrected chi connectivity index (χ0v) is 14.4. The highest BCUT2D eigenvalue weighted by Crippen LogP contribution is 2.42. The van der Waals surface area contributed by atoms with Crippen LogP contribution in [0.3, 0.4) is 0 Å². The first-order valence-electron chi connectivity index (χ1n) is 8.96. The highest BCUT2D eigenvalue weighted by molar-refractivity contribution is 6.22. The fourth-order valence-corrected chi connectivity index (χ4v) is 4.24. The first-order valence-corrected chi connectivity index (χ1v) is 8.96. The average molecular weight is 327 g/mol. The van der Waals surface area contributed by atoms with Crippen LogP contribution >= 0.6 is 0 Å². The van der Waals surface area contributed by atoms with E-state index in [1.807, 2.05) is 30.3 Å². The predicted molar refractivity (Wildman–Crippen MR) is 92.1 cm³/mol. The van der Waals surface area contributed by atoms with Gasteiger partial charge in [-0.05, 0) is 32.3 Å². The Hall–Kier alpha value is -1.65. The van der Waals surface area contributed by atoms with Crippen LogP contribution in [0.4, 0.5) is 0 Å². The Bertz CT molecular complexity index is 640. The summed E-state index contributed by atoms with van der Waals surface area (Å²) in [5.74, 6) is 0.470. The minimum Gasteiger partial charge on any atom is -0.496 e. The van der Waals surface area contributed by atoms with E-state index in [1.165, 1.54) is 0 Å². The summed E-state index contributed by atoms with van der Waals surface area (Å²) in [5.41, 5.74) is 1.67. The zero-order chi connectivity index (χ0) is 16.7. The minimum atomic E-state index is -0.0507. The Morgan fingerprint density at radius 1 is 1.17 bits per heavy atom.